The van der Waals surface area contributed by atoms with Gasteiger partial charge in [0.25, 0.3) is 0 Å². The number of benzene rings is 1. The predicted molar refractivity (Wildman–Crippen MR) is 119 cm³/mol. The van der Waals surface area contributed by atoms with E-state index in [1.165, 1.54) is 12.8 Å². The van der Waals surface area contributed by atoms with E-state index in [4.69, 9.17) is 14.5 Å². The van der Waals surface area contributed by atoms with Gasteiger partial charge in [-0.05, 0) is 57.4 Å². The summed E-state index contributed by atoms with van der Waals surface area (Å²) in [5.41, 5.74) is 0. The Hall–Kier alpha value is -2.44. The molecule has 166 valence electrons. The number of methoxy groups -OCH3 is 1. The Bertz CT molecular complexity index is 701. The van der Waals surface area contributed by atoms with Gasteiger partial charge in [0.1, 0.15) is 17.6 Å². The average Bonchev–Trinajstić information content (AvgIpc) is 3.45. The first-order chi connectivity index (χ1) is 14.6. The third-order valence-electron chi connectivity index (χ3n) is 5.79. The minimum Gasteiger partial charge on any atom is -0.497 e. The fourth-order valence-electron chi connectivity index (χ4n) is 4.17. The number of amides is 1. The molecule has 1 aliphatic carbocycles. The molecule has 1 aliphatic heterocycles. The maximum Gasteiger partial charge on any atom is 0.225 e. The molecule has 1 amide bonds. The van der Waals surface area contributed by atoms with Gasteiger partial charge in [-0.15, -0.1) is 0 Å². The van der Waals surface area contributed by atoms with Crippen molar-refractivity contribution in [3.05, 3.63) is 24.3 Å². The van der Waals surface area contributed by atoms with Gasteiger partial charge < -0.3 is 25.0 Å². The topological polar surface area (TPSA) is 75.2 Å². The molecule has 2 fully saturated rings. The lowest BCUT2D eigenvalue weighted by Gasteiger charge is -2.22. The molecular weight excluding hydrogens is 380 g/mol. The van der Waals surface area contributed by atoms with Gasteiger partial charge >= 0.3 is 0 Å². The number of guanidine groups is 1. The molecule has 1 saturated carbocycles. The van der Waals surface area contributed by atoms with E-state index in [1.807, 2.05) is 36.1 Å². The maximum absolute atomic E-state index is 12.7. The van der Waals surface area contributed by atoms with Crippen molar-refractivity contribution in [2.75, 3.05) is 33.3 Å². The molecule has 0 spiro atoms. The van der Waals surface area contributed by atoms with Crippen LogP contribution in [0.5, 0.6) is 11.5 Å². The monoisotopic (exact) mass is 416 g/mol. The number of likely N-dealkylation sites (tertiary alicyclic amines) is 1. The second kappa shape index (κ2) is 11.1. The second-order valence-electron chi connectivity index (χ2n) is 8.22. The summed E-state index contributed by atoms with van der Waals surface area (Å²) in [5, 5.41) is 6.81. The van der Waals surface area contributed by atoms with Crippen LogP contribution in [0.1, 0.15) is 46.0 Å². The zero-order chi connectivity index (χ0) is 21.3. The van der Waals surface area contributed by atoms with Crippen molar-refractivity contribution in [1.82, 2.24) is 15.5 Å². The third kappa shape index (κ3) is 6.28. The number of hydrogen-bond donors (Lipinski definition) is 2. The van der Waals surface area contributed by atoms with Crippen LogP contribution in [0.3, 0.4) is 0 Å². The average molecular weight is 417 g/mol. The summed E-state index contributed by atoms with van der Waals surface area (Å²) in [7, 11) is 1.65. The summed E-state index contributed by atoms with van der Waals surface area (Å²) in [6.07, 6.45) is 5.41. The van der Waals surface area contributed by atoms with Crippen molar-refractivity contribution in [3.8, 4) is 11.5 Å². The van der Waals surface area contributed by atoms with Crippen LogP contribution in [0, 0.1) is 5.92 Å². The van der Waals surface area contributed by atoms with E-state index >= 15 is 0 Å². The molecule has 7 nitrogen and oxygen atoms in total. The zero-order valence-corrected chi connectivity index (χ0v) is 18.5. The molecule has 2 unspecified atom stereocenters. The number of carbonyl (C=O) groups is 1. The summed E-state index contributed by atoms with van der Waals surface area (Å²) in [6.45, 7) is 6.99. The van der Waals surface area contributed by atoms with Crippen molar-refractivity contribution in [2.45, 2.75) is 58.1 Å². The minimum atomic E-state index is -0.0575. The number of nitrogens with one attached hydrogen (secondary N) is 2. The zero-order valence-electron chi connectivity index (χ0n) is 18.5. The van der Waals surface area contributed by atoms with Crippen LogP contribution in [0.2, 0.25) is 0 Å². The summed E-state index contributed by atoms with van der Waals surface area (Å²) in [4.78, 5) is 19.4. The second-order valence-corrected chi connectivity index (χ2v) is 8.22. The Labute approximate surface area is 180 Å². The molecule has 30 heavy (non-hydrogen) atoms. The first-order valence-electron chi connectivity index (χ1n) is 11.2. The summed E-state index contributed by atoms with van der Waals surface area (Å²) in [6, 6.07) is 7.81. The number of hydrogen-bond acceptors (Lipinski definition) is 4. The third-order valence-corrected chi connectivity index (χ3v) is 5.79. The van der Waals surface area contributed by atoms with E-state index < -0.39 is 0 Å². The summed E-state index contributed by atoms with van der Waals surface area (Å²) in [5.74, 6) is 2.99. The highest BCUT2D eigenvalue weighted by Crippen LogP contribution is 2.27. The molecular formula is C23H36N4O3. The van der Waals surface area contributed by atoms with Gasteiger partial charge in [0.2, 0.25) is 5.91 Å². The van der Waals surface area contributed by atoms with Crippen LogP contribution in [-0.2, 0) is 4.79 Å². The van der Waals surface area contributed by atoms with Gasteiger partial charge in [0, 0.05) is 31.6 Å². The van der Waals surface area contributed by atoms with Gasteiger partial charge in [0.05, 0.1) is 13.7 Å². The van der Waals surface area contributed by atoms with Gasteiger partial charge in [-0.3, -0.25) is 4.79 Å². The minimum absolute atomic E-state index is 0.0575. The Morgan fingerprint density at radius 1 is 1.20 bits per heavy atom. The molecule has 0 aromatic heterocycles. The van der Waals surface area contributed by atoms with Crippen LogP contribution in [-0.4, -0.2) is 62.2 Å². The quantitative estimate of drug-likeness (QED) is 0.504. The lowest BCUT2D eigenvalue weighted by molar-refractivity contribution is -0.134. The van der Waals surface area contributed by atoms with E-state index in [-0.39, 0.29) is 18.1 Å². The van der Waals surface area contributed by atoms with Crippen LogP contribution >= 0.6 is 0 Å². The molecule has 2 aliphatic rings. The highest BCUT2D eigenvalue weighted by atomic mass is 16.5. The molecule has 1 saturated heterocycles. The largest absolute Gasteiger partial charge is 0.497 e. The van der Waals surface area contributed by atoms with Crippen LogP contribution in [0.25, 0.3) is 0 Å². The number of ether oxygens (including phenoxy) is 2. The van der Waals surface area contributed by atoms with Crippen molar-refractivity contribution < 1.29 is 14.3 Å². The molecule has 2 atom stereocenters. The van der Waals surface area contributed by atoms with Crippen LogP contribution < -0.4 is 20.1 Å². The molecule has 1 aromatic carbocycles. The molecule has 1 heterocycles. The van der Waals surface area contributed by atoms with Gasteiger partial charge in [-0.25, -0.2) is 4.99 Å². The van der Waals surface area contributed by atoms with E-state index in [0.29, 0.717) is 12.5 Å². The highest BCUT2D eigenvalue weighted by molar-refractivity contribution is 5.81. The van der Waals surface area contributed by atoms with Gasteiger partial charge in [0.15, 0.2) is 5.96 Å². The van der Waals surface area contributed by atoms with Gasteiger partial charge in [-0.2, -0.15) is 0 Å². The first kappa shape index (κ1) is 22.2. The Morgan fingerprint density at radius 3 is 2.57 bits per heavy atom. The van der Waals surface area contributed by atoms with Crippen LogP contribution in [0.15, 0.2) is 29.3 Å². The SMILES string of the molecule is CCNC(=NCC(C)Oc1ccc(OC)cc1)NC1CCN(C(=O)C2CCCC2)C1. The molecule has 0 bridgehead atoms. The fourth-order valence-corrected chi connectivity index (χ4v) is 4.17. The number of aliphatic imine (C=N–C) groups is 1. The number of nitrogens with zero attached hydrogens (tertiary/aromatic N) is 2. The lowest BCUT2D eigenvalue weighted by Crippen LogP contribution is -2.45. The Morgan fingerprint density at radius 2 is 1.90 bits per heavy atom. The van der Waals surface area contributed by atoms with Crippen molar-refractivity contribution >= 4 is 11.9 Å². The normalized spacial score (nSPS) is 20.8. The number of carbonyl (C=O) groups excluding carboxylic acids is 1. The fraction of sp³-hybridized carbons (Fsp3) is 0.652. The predicted octanol–water partition coefficient (Wildman–Crippen LogP) is 2.81. The Balaban J connectivity index is 1.48. The van der Waals surface area contributed by atoms with Gasteiger partial charge in [-0.1, -0.05) is 12.8 Å². The Kier molecular flexibility index (Phi) is 8.22. The van der Waals surface area contributed by atoms with E-state index in [0.717, 1.165) is 56.4 Å². The summed E-state index contributed by atoms with van der Waals surface area (Å²) >= 11 is 0. The highest BCUT2D eigenvalue weighted by Gasteiger charge is 2.32. The first-order valence-corrected chi connectivity index (χ1v) is 11.2. The van der Waals surface area contributed by atoms with Crippen molar-refractivity contribution in [3.63, 3.8) is 0 Å². The van der Waals surface area contributed by atoms with Crippen LogP contribution in [0.4, 0.5) is 0 Å². The standard InChI is InChI=1S/C23H36N4O3/c1-4-24-23(25-15-17(2)30-21-11-9-20(29-3)10-12-21)26-19-13-14-27(16-19)22(28)18-7-5-6-8-18/h9-12,17-19H,4-8,13-16H2,1-3H3,(H2,24,25,26). The lowest BCUT2D eigenvalue weighted by atomic mass is 10.1. The van der Waals surface area contributed by atoms with Crippen molar-refractivity contribution in [1.29, 1.82) is 0 Å². The molecule has 1 aromatic rings. The maximum atomic E-state index is 12.7. The molecule has 7 heteroatoms. The smallest absolute Gasteiger partial charge is 0.225 e. The van der Waals surface area contributed by atoms with Crippen molar-refractivity contribution in [2.24, 2.45) is 10.9 Å². The van der Waals surface area contributed by atoms with E-state index in [1.54, 1.807) is 7.11 Å². The molecule has 3 rings (SSSR count). The van der Waals surface area contributed by atoms with E-state index in [9.17, 15) is 4.79 Å². The summed E-state index contributed by atoms with van der Waals surface area (Å²) < 4.78 is 11.1. The number of rotatable bonds is 8. The van der Waals surface area contributed by atoms with E-state index in [2.05, 4.69) is 17.6 Å². The molecule has 0 radical (unpaired) electrons. The molecule has 2 N–H and O–H groups in total.